The van der Waals surface area contributed by atoms with Gasteiger partial charge in [-0.1, -0.05) is 48.4 Å². The number of benzene rings is 2. The third-order valence-electron chi connectivity index (χ3n) is 3.59. The Morgan fingerprint density at radius 2 is 1.78 bits per heavy atom. The van der Waals surface area contributed by atoms with E-state index in [0.29, 0.717) is 13.0 Å². The van der Waals surface area contributed by atoms with Crippen molar-refractivity contribution in [3.8, 4) is 5.75 Å². The molecule has 1 atom stereocenters. The standard InChI is InChI=1S/C19H22ClNO2/c1-3-18(23-17-10-4-14(2)5-11-17)19(22)21-13-12-15-6-8-16(20)9-7-15/h4-11,18H,3,12-13H2,1-2H3,(H,21,22). The van der Waals surface area contributed by atoms with Gasteiger partial charge in [-0.2, -0.15) is 0 Å². The lowest BCUT2D eigenvalue weighted by Gasteiger charge is -2.17. The molecule has 122 valence electrons. The molecule has 0 aliphatic rings. The van der Waals surface area contributed by atoms with Crippen LogP contribution in [0, 0.1) is 6.92 Å². The second kappa shape index (κ2) is 8.59. The van der Waals surface area contributed by atoms with Crippen LogP contribution in [0.2, 0.25) is 5.02 Å². The predicted molar refractivity (Wildman–Crippen MR) is 94.1 cm³/mol. The average molecular weight is 332 g/mol. The molecule has 2 rings (SSSR count). The third-order valence-corrected chi connectivity index (χ3v) is 3.84. The molecule has 0 aliphatic heterocycles. The first-order valence-corrected chi connectivity index (χ1v) is 8.21. The van der Waals surface area contributed by atoms with Gasteiger partial charge in [0.1, 0.15) is 5.75 Å². The van der Waals surface area contributed by atoms with Crippen LogP contribution in [0.25, 0.3) is 0 Å². The van der Waals surface area contributed by atoms with E-state index >= 15 is 0 Å². The van der Waals surface area contributed by atoms with Crippen molar-refractivity contribution in [1.29, 1.82) is 0 Å². The molecule has 0 radical (unpaired) electrons. The highest BCUT2D eigenvalue weighted by atomic mass is 35.5. The molecule has 1 unspecified atom stereocenters. The van der Waals surface area contributed by atoms with Crippen LogP contribution in [0.1, 0.15) is 24.5 Å². The number of hydrogen-bond acceptors (Lipinski definition) is 2. The highest BCUT2D eigenvalue weighted by Gasteiger charge is 2.17. The fourth-order valence-corrected chi connectivity index (χ4v) is 2.32. The van der Waals surface area contributed by atoms with Crippen molar-refractivity contribution in [2.45, 2.75) is 32.8 Å². The maximum atomic E-state index is 12.2. The average Bonchev–Trinajstić information content (AvgIpc) is 2.56. The van der Waals surface area contributed by atoms with Gasteiger partial charge in [0.2, 0.25) is 0 Å². The lowest BCUT2D eigenvalue weighted by atomic mass is 10.1. The van der Waals surface area contributed by atoms with E-state index in [1.807, 2.05) is 62.4 Å². The molecule has 3 nitrogen and oxygen atoms in total. The lowest BCUT2D eigenvalue weighted by molar-refractivity contribution is -0.128. The summed E-state index contributed by atoms with van der Waals surface area (Å²) in [7, 11) is 0. The fraction of sp³-hybridized carbons (Fsp3) is 0.316. The summed E-state index contributed by atoms with van der Waals surface area (Å²) in [4.78, 5) is 12.2. The van der Waals surface area contributed by atoms with Gasteiger partial charge in [-0.3, -0.25) is 4.79 Å². The molecule has 2 aromatic carbocycles. The summed E-state index contributed by atoms with van der Waals surface area (Å²) in [6.07, 6.45) is 0.924. The minimum Gasteiger partial charge on any atom is -0.481 e. The molecule has 0 bridgehead atoms. The molecular formula is C19H22ClNO2. The smallest absolute Gasteiger partial charge is 0.261 e. The molecule has 0 aliphatic carbocycles. The number of nitrogens with one attached hydrogen (secondary N) is 1. The molecule has 0 aromatic heterocycles. The Morgan fingerprint density at radius 1 is 1.13 bits per heavy atom. The summed E-state index contributed by atoms with van der Waals surface area (Å²) in [6, 6.07) is 15.4. The van der Waals surface area contributed by atoms with Crippen molar-refractivity contribution in [3.05, 3.63) is 64.7 Å². The van der Waals surface area contributed by atoms with Crippen molar-refractivity contribution >= 4 is 17.5 Å². The second-order valence-corrected chi connectivity index (χ2v) is 5.93. The van der Waals surface area contributed by atoms with E-state index in [1.165, 1.54) is 0 Å². The van der Waals surface area contributed by atoms with Gasteiger partial charge in [0.25, 0.3) is 5.91 Å². The van der Waals surface area contributed by atoms with Crippen LogP contribution < -0.4 is 10.1 Å². The molecule has 1 N–H and O–H groups in total. The molecule has 4 heteroatoms. The Hall–Kier alpha value is -2.00. The summed E-state index contributed by atoms with van der Waals surface area (Å²) < 4.78 is 5.77. The summed E-state index contributed by atoms with van der Waals surface area (Å²) in [5, 5.41) is 3.65. The van der Waals surface area contributed by atoms with Crippen molar-refractivity contribution in [2.75, 3.05) is 6.54 Å². The van der Waals surface area contributed by atoms with Gasteiger partial charge in [0.15, 0.2) is 6.10 Å². The van der Waals surface area contributed by atoms with Gasteiger partial charge in [-0.25, -0.2) is 0 Å². The van der Waals surface area contributed by atoms with E-state index in [1.54, 1.807) is 0 Å². The Morgan fingerprint density at radius 3 is 2.39 bits per heavy atom. The van der Waals surface area contributed by atoms with E-state index in [-0.39, 0.29) is 5.91 Å². The van der Waals surface area contributed by atoms with Crippen LogP contribution in [-0.2, 0) is 11.2 Å². The van der Waals surface area contributed by atoms with Crippen molar-refractivity contribution in [3.63, 3.8) is 0 Å². The number of ether oxygens (including phenoxy) is 1. The number of carbonyl (C=O) groups is 1. The first kappa shape index (κ1) is 17.4. The Bertz CT molecular complexity index is 623. The van der Waals surface area contributed by atoms with Gasteiger partial charge in [-0.05, 0) is 49.6 Å². The number of rotatable bonds is 7. The van der Waals surface area contributed by atoms with E-state index in [4.69, 9.17) is 16.3 Å². The minimum absolute atomic E-state index is 0.0814. The first-order chi connectivity index (χ1) is 11.1. The molecule has 0 fully saturated rings. The van der Waals surface area contributed by atoms with Crippen LogP contribution in [0.15, 0.2) is 48.5 Å². The van der Waals surface area contributed by atoms with E-state index in [0.717, 1.165) is 28.3 Å². The van der Waals surface area contributed by atoms with E-state index in [9.17, 15) is 4.79 Å². The summed E-state index contributed by atoms with van der Waals surface area (Å²) in [5.41, 5.74) is 2.31. The van der Waals surface area contributed by atoms with Crippen LogP contribution in [0.3, 0.4) is 0 Å². The van der Waals surface area contributed by atoms with Crippen molar-refractivity contribution in [2.24, 2.45) is 0 Å². The molecule has 0 spiro atoms. The Kier molecular flexibility index (Phi) is 6.48. The highest BCUT2D eigenvalue weighted by molar-refractivity contribution is 6.30. The summed E-state index contributed by atoms with van der Waals surface area (Å²) >= 11 is 5.86. The molecule has 23 heavy (non-hydrogen) atoms. The molecule has 0 saturated carbocycles. The molecule has 0 saturated heterocycles. The number of amides is 1. The monoisotopic (exact) mass is 331 g/mol. The van der Waals surface area contributed by atoms with Gasteiger partial charge >= 0.3 is 0 Å². The van der Waals surface area contributed by atoms with Crippen LogP contribution in [0.4, 0.5) is 0 Å². The van der Waals surface area contributed by atoms with E-state index in [2.05, 4.69) is 5.32 Å². The number of hydrogen-bond donors (Lipinski definition) is 1. The van der Waals surface area contributed by atoms with Gasteiger partial charge < -0.3 is 10.1 Å². The van der Waals surface area contributed by atoms with E-state index < -0.39 is 6.10 Å². The predicted octanol–water partition coefficient (Wildman–Crippen LogP) is 4.16. The van der Waals surface area contributed by atoms with Crippen molar-refractivity contribution in [1.82, 2.24) is 5.32 Å². The summed E-state index contributed by atoms with van der Waals surface area (Å²) in [6.45, 7) is 4.54. The molecule has 0 heterocycles. The zero-order valence-corrected chi connectivity index (χ0v) is 14.3. The zero-order valence-electron chi connectivity index (χ0n) is 13.5. The van der Waals surface area contributed by atoms with Gasteiger partial charge in [0, 0.05) is 11.6 Å². The minimum atomic E-state index is -0.470. The number of halogens is 1. The lowest BCUT2D eigenvalue weighted by Crippen LogP contribution is -2.38. The normalized spacial score (nSPS) is 11.8. The first-order valence-electron chi connectivity index (χ1n) is 7.84. The number of carbonyl (C=O) groups excluding carboxylic acids is 1. The maximum absolute atomic E-state index is 12.2. The largest absolute Gasteiger partial charge is 0.481 e. The zero-order chi connectivity index (χ0) is 16.7. The highest BCUT2D eigenvalue weighted by Crippen LogP contribution is 2.15. The summed E-state index contributed by atoms with van der Waals surface area (Å²) in [5.74, 6) is 0.636. The maximum Gasteiger partial charge on any atom is 0.261 e. The molecule has 2 aromatic rings. The van der Waals surface area contributed by atoms with Gasteiger partial charge in [-0.15, -0.1) is 0 Å². The SMILES string of the molecule is CCC(Oc1ccc(C)cc1)C(=O)NCCc1ccc(Cl)cc1. The quantitative estimate of drug-likeness (QED) is 0.827. The van der Waals surface area contributed by atoms with Crippen LogP contribution >= 0.6 is 11.6 Å². The second-order valence-electron chi connectivity index (χ2n) is 5.50. The Balaban J connectivity index is 1.82. The third kappa shape index (κ3) is 5.61. The fourth-order valence-electron chi connectivity index (χ4n) is 2.20. The number of aryl methyl sites for hydroxylation is 1. The van der Waals surface area contributed by atoms with Crippen LogP contribution in [0.5, 0.6) is 5.75 Å². The van der Waals surface area contributed by atoms with Crippen LogP contribution in [-0.4, -0.2) is 18.6 Å². The van der Waals surface area contributed by atoms with Gasteiger partial charge in [0.05, 0.1) is 0 Å². The molecule has 1 amide bonds. The molecular weight excluding hydrogens is 310 g/mol. The topological polar surface area (TPSA) is 38.3 Å². The van der Waals surface area contributed by atoms with Crippen molar-refractivity contribution < 1.29 is 9.53 Å². The Labute approximate surface area is 142 Å².